The van der Waals surface area contributed by atoms with Gasteiger partial charge in [0.2, 0.25) is 0 Å². The number of carbonyl (C=O) groups excluding carboxylic acids is 1. The van der Waals surface area contributed by atoms with Crippen molar-refractivity contribution >= 4 is 33.8 Å². The SMILES string of the molecule is Cc1cc(C(=O)CSCc2cc(=O)n3ccsc3n2)c(C)n1C1CC1. The number of hydrogen-bond acceptors (Lipinski definition) is 5. The largest absolute Gasteiger partial charge is 0.345 e. The summed E-state index contributed by atoms with van der Waals surface area (Å²) in [6, 6.07) is 4.15. The molecule has 0 aliphatic heterocycles. The van der Waals surface area contributed by atoms with Gasteiger partial charge in [0, 0.05) is 46.4 Å². The predicted octanol–water partition coefficient (Wildman–Crippen LogP) is 3.63. The zero-order chi connectivity index (χ0) is 17.6. The molecule has 0 aromatic carbocycles. The normalized spacial score (nSPS) is 14.3. The summed E-state index contributed by atoms with van der Waals surface area (Å²) in [5.41, 5.74) is 3.75. The minimum atomic E-state index is -0.0684. The van der Waals surface area contributed by atoms with Gasteiger partial charge in [0.1, 0.15) is 0 Å². The van der Waals surface area contributed by atoms with E-state index in [2.05, 4.69) is 16.5 Å². The number of ketones is 1. The van der Waals surface area contributed by atoms with Crippen LogP contribution in [0.5, 0.6) is 0 Å². The molecule has 5 nitrogen and oxygen atoms in total. The molecule has 3 aromatic heterocycles. The maximum atomic E-state index is 12.6. The highest BCUT2D eigenvalue weighted by Gasteiger charge is 2.28. The lowest BCUT2D eigenvalue weighted by atomic mass is 10.2. The Hall–Kier alpha value is -1.86. The van der Waals surface area contributed by atoms with Crippen LogP contribution in [0.4, 0.5) is 0 Å². The molecule has 0 atom stereocenters. The Morgan fingerprint density at radius 3 is 2.92 bits per heavy atom. The van der Waals surface area contributed by atoms with Crippen molar-refractivity contribution in [3.8, 4) is 0 Å². The zero-order valence-corrected chi connectivity index (χ0v) is 15.8. The number of thioether (sulfide) groups is 1. The molecule has 0 amide bonds. The molecular weight excluding hydrogens is 354 g/mol. The molecule has 130 valence electrons. The third kappa shape index (κ3) is 3.18. The fraction of sp³-hybridized carbons (Fsp3) is 0.389. The first kappa shape index (κ1) is 16.6. The van der Waals surface area contributed by atoms with E-state index in [1.165, 1.54) is 46.0 Å². The summed E-state index contributed by atoms with van der Waals surface area (Å²) in [4.78, 5) is 29.7. The lowest BCUT2D eigenvalue weighted by molar-refractivity contribution is 0.102. The van der Waals surface area contributed by atoms with E-state index >= 15 is 0 Å². The molecule has 7 heteroatoms. The summed E-state index contributed by atoms with van der Waals surface area (Å²) >= 11 is 2.95. The second-order valence-electron chi connectivity index (χ2n) is 6.44. The number of Topliss-reactive ketones (excluding diaryl/α,β-unsaturated/α-hetero) is 1. The van der Waals surface area contributed by atoms with Gasteiger partial charge in [0.05, 0.1) is 11.4 Å². The Balaban J connectivity index is 1.43. The van der Waals surface area contributed by atoms with E-state index in [0.29, 0.717) is 22.5 Å². The smallest absolute Gasteiger partial charge is 0.258 e. The van der Waals surface area contributed by atoms with Gasteiger partial charge in [0.25, 0.3) is 5.56 Å². The van der Waals surface area contributed by atoms with Crippen molar-refractivity contribution in [1.29, 1.82) is 0 Å². The molecular formula is C18H19N3O2S2. The van der Waals surface area contributed by atoms with Crippen LogP contribution < -0.4 is 5.56 Å². The van der Waals surface area contributed by atoms with Crippen LogP contribution in [0.2, 0.25) is 0 Å². The van der Waals surface area contributed by atoms with E-state index in [-0.39, 0.29) is 11.3 Å². The highest BCUT2D eigenvalue weighted by molar-refractivity contribution is 7.99. The minimum absolute atomic E-state index is 0.0684. The number of rotatable bonds is 6. The molecule has 1 fully saturated rings. The highest BCUT2D eigenvalue weighted by atomic mass is 32.2. The van der Waals surface area contributed by atoms with E-state index in [1.54, 1.807) is 12.3 Å². The average Bonchev–Trinajstić information content (AvgIpc) is 3.19. The average molecular weight is 374 g/mol. The molecule has 0 radical (unpaired) electrons. The topological polar surface area (TPSA) is 56.4 Å². The van der Waals surface area contributed by atoms with Gasteiger partial charge < -0.3 is 4.57 Å². The van der Waals surface area contributed by atoms with Gasteiger partial charge in [-0.15, -0.1) is 23.1 Å². The number of carbonyl (C=O) groups is 1. The Morgan fingerprint density at radius 2 is 2.16 bits per heavy atom. The van der Waals surface area contributed by atoms with Crippen molar-refractivity contribution in [3.05, 3.63) is 56.7 Å². The molecule has 3 aromatic rings. The van der Waals surface area contributed by atoms with Gasteiger partial charge in [-0.2, -0.15) is 0 Å². The summed E-state index contributed by atoms with van der Waals surface area (Å²) in [5.74, 6) is 1.12. The zero-order valence-electron chi connectivity index (χ0n) is 14.2. The third-order valence-corrected chi connectivity index (χ3v) is 6.26. The second kappa shape index (κ2) is 6.46. The Bertz CT molecular complexity index is 1010. The molecule has 1 saturated carbocycles. The van der Waals surface area contributed by atoms with Crippen LogP contribution in [0.1, 0.15) is 46.3 Å². The molecule has 0 spiro atoms. The Morgan fingerprint density at radius 1 is 1.36 bits per heavy atom. The molecule has 1 aliphatic carbocycles. The van der Waals surface area contributed by atoms with Crippen LogP contribution in [0.25, 0.3) is 4.96 Å². The lowest BCUT2D eigenvalue weighted by Gasteiger charge is -2.07. The molecule has 0 unspecified atom stereocenters. The second-order valence-corrected chi connectivity index (χ2v) is 8.30. The summed E-state index contributed by atoms with van der Waals surface area (Å²) in [7, 11) is 0. The quantitative estimate of drug-likeness (QED) is 0.619. The Kier molecular flexibility index (Phi) is 4.29. The van der Waals surface area contributed by atoms with E-state index < -0.39 is 0 Å². The monoisotopic (exact) mass is 373 g/mol. The van der Waals surface area contributed by atoms with Gasteiger partial charge in [-0.3, -0.25) is 14.0 Å². The maximum Gasteiger partial charge on any atom is 0.258 e. The van der Waals surface area contributed by atoms with Crippen molar-refractivity contribution in [1.82, 2.24) is 14.0 Å². The fourth-order valence-corrected chi connectivity index (χ4v) is 4.78. The van der Waals surface area contributed by atoms with Gasteiger partial charge in [0.15, 0.2) is 10.7 Å². The van der Waals surface area contributed by atoms with E-state index in [4.69, 9.17) is 0 Å². The fourth-order valence-electron chi connectivity index (χ4n) is 3.24. The standard InChI is InChI=1S/C18H19N3O2S2/c1-11-7-15(12(2)21(11)14-3-4-14)16(22)10-24-9-13-8-17(23)20-5-6-25-18(20)19-13/h5-8,14H,3-4,9-10H2,1-2H3. The maximum absolute atomic E-state index is 12.6. The number of nitrogens with zero attached hydrogens (tertiary/aromatic N) is 3. The van der Waals surface area contributed by atoms with Crippen LogP contribution >= 0.6 is 23.1 Å². The first-order valence-corrected chi connectivity index (χ1v) is 10.3. The van der Waals surface area contributed by atoms with Gasteiger partial charge in [-0.05, 0) is 32.8 Å². The third-order valence-electron chi connectivity index (χ3n) is 4.54. The highest BCUT2D eigenvalue weighted by Crippen LogP contribution is 2.38. The first-order chi connectivity index (χ1) is 12.0. The summed E-state index contributed by atoms with van der Waals surface area (Å²) in [6.45, 7) is 4.11. The van der Waals surface area contributed by atoms with Crippen molar-refractivity contribution in [3.63, 3.8) is 0 Å². The van der Waals surface area contributed by atoms with Crippen molar-refractivity contribution in [2.24, 2.45) is 0 Å². The lowest BCUT2D eigenvalue weighted by Crippen LogP contribution is -2.13. The molecule has 1 aliphatic rings. The van der Waals surface area contributed by atoms with Crippen LogP contribution in [0.15, 0.2) is 28.5 Å². The van der Waals surface area contributed by atoms with E-state index in [9.17, 15) is 9.59 Å². The molecule has 3 heterocycles. The minimum Gasteiger partial charge on any atom is -0.345 e. The molecule has 0 bridgehead atoms. The number of aromatic nitrogens is 3. The van der Waals surface area contributed by atoms with Gasteiger partial charge in [-0.1, -0.05) is 0 Å². The van der Waals surface area contributed by atoms with Crippen LogP contribution in [-0.4, -0.2) is 25.5 Å². The summed E-state index contributed by atoms with van der Waals surface area (Å²) in [5, 5.41) is 1.85. The van der Waals surface area contributed by atoms with Crippen molar-refractivity contribution in [2.75, 3.05) is 5.75 Å². The van der Waals surface area contributed by atoms with Gasteiger partial charge in [-0.25, -0.2) is 4.98 Å². The van der Waals surface area contributed by atoms with E-state index in [1.807, 2.05) is 18.4 Å². The predicted molar refractivity (Wildman–Crippen MR) is 102 cm³/mol. The molecule has 0 N–H and O–H groups in total. The van der Waals surface area contributed by atoms with Crippen LogP contribution in [0.3, 0.4) is 0 Å². The number of hydrogen-bond donors (Lipinski definition) is 0. The summed E-state index contributed by atoms with van der Waals surface area (Å²) < 4.78 is 3.84. The van der Waals surface area contributed by atoms with Crippen molar-refractivity contribution in [2.45, 2.75) is 38.5 Å². The van der Waals surface area contributed by atoms with Crippen molar-refractivity contribution < 1.29 is 4.79 Å². The molecule has 4 rings (SSSR count). The molecule has 25 heavy (non-hydrogen) atoms. The first-order valence-electron chi connectivity index (χ1n) is 8.30. The molecule has 0 saturated heterocycles. The number of fused-ring (bicyclic) bond motifs is 1. The van der Waals surface area contributed by atoms with Crippen LogP contribution in [-0.2, 0) is 5.75 Å². The van der Waals surface area contributed by atoms with Gasteiger partial charge >= 0.3 is 0 Å². The Labute approximate surface area is 153 Å². The van der Waals surface area contributed by atoms with E-state index in [0.717, 1.165) is 17.0 Å². The number of aryl methyl sites for hydroxylation is 1. The number of thiazole rings is 1. The van der Waals surface area contributed by atoms with Crippen LogP contribution in [0, 0.1) is 13.8 Å². The summed E-state index contributed by atoms with van der Waals surface area (Å²) in [6.07, 6.45) is 4.15.